The molecule has 4 aromatic rings. The van der Waals surface area contributed by atoms with Gasteiger partial charge in [-0.25, -0.2) is 9.59 Å². The van der Waals surface area contributed by atoms with Crippen LogP contribution in [0.5, 0.6) is 23.0 Å². The Morgan fingerprint density at radius 1 is 0.383 bits per heavy atom. The fraction of sp³-hybridized carbons (Fsp3) is 0.600. The fourth-order valence-electron chi connectivity index (χ4n) is 10.2. The van der Waals surface area contributed by atoms with E-state index in [1.807, 2.05) is 27.7 Å². The van der Waals surface area contributed by atoms with Crippen molar-refractivity contribution in [1.82, 2.24) is 0 Å². The first-order valence-corrected chi connectivity index (χ1v) is 31.6. The second kappa shape index (κ2) is 43.5. The molecular formula is C70H106N2NiO8. The van der Waals surface area contributed by atoms with Crippen LogP contribution in [0.25, 0.3) is 0 Å². The minimum atomic E-state index is -1.25. The standard InChI is InChI=1S/C40H64N2.2C15H22O4.Ni/c1-7-13-18-22-33-27-34(23-19-14-8-2)30-37(29-33)41-39(12-6)40(26-17-11-5)42-38-31-35(24-20-15-9-3)28-36(32-38)25-21-16-10-4;2*1-3-5-7-10-9-12(16)14(17)13(15(18)19)11(10)8-6-4-2;/h27-32H,7-26H2,1-6H3;2*9,16-17H,3-8H2,1-2H3,(H,18,19);/q;;;+2/p-2. The summed E-state index contributed by atoms with van der Waals surface area (Å²) in [5, 5.41) is 61.2. The van der Waals surface area contributed by atoms with Crippen LogP contribution in [0.15, 0.2) is 58.5 Å². The van der Waals surface area contributed by atoms with Crippen LogP contribution in [-0.2, 0) is 67.9 Å². The van der Waals surface area contributed by atoms with Crippen LogP contribution < -0.4 is 10.2 Å². The molecule has 0 bridgehead atoms. The minimum Gasteiger partial charge on any atom is -0.869 e. The molecule has 0 saturated carbocycles. The van der Waals surface area contributed by atoms with Crippen molar-refractivity contribution in [1.29, 1.82) is 0 Å². The fourth-order valence-corrected chi connectivity index (χ4v) is 10.2. The number of aromatic hydroxyl groups is 2. The number of carboxylic acid groups (broad SMARTS) is 2. The number of hydrogen-bond acceptors (Lipinski definition) is 8. The number of aliphatic imine (C=N–C) groups is 2. The van der Waals surface area contributed by atoms with Gasteiger partial charge in [0.2, 0.25) is 0 Å². The maximum atomic E-state index is 11.8. The van der Waals surface area contributed by atoms with Crippen LogP contribution in [0.2, 0.25) is 0 Å². The van der Waals surface area contributed by atoms with Gasteiger partial charge in [0.15, 0.2) is 0 Å². The van der Waals surface area contributed by atoms with Gasteiger partial charge in [0.05, 0.1) is 33.9 Å². The summed E-state index contributed by atoms with van der Waals surface area (Å²) >= 11 is 0. The summed E-state index contributed by atoms with van der Waals surface area (Å²) in [6.45, 7) is 21.8. The molecule has 0 fully saturated rings. The van der Waals surface area contributed by atoms with Crippen molar-refractivity contribution in [2.45, 2.75) is 275 Å². The summed E-state index contributed by atoms with van der Waals surface area (Å²) in [6, 6.07) is 17.2. The van der Waals surface area contributed by atoms with E-state index in [1.165, 1.54) is 124 Å². The Hall–Kier alpha value is -5.15. The minimum absolute atomic E-state index is 0. The zero-order chi connectivity index (χ0) is 59.2. The number of aryl methyl sites for hydroxylation is 6. The second-order valence-electron chi connectivity index (χ2n) is 21.9. The van der Waals surface area contributed by atoms with E-state index in [0.717, 1.165) is 125 Å². The van der Waals surface area contributed by atoms with E-state index >= 15 is 0 Å². The number of benzene rings is 4. The SMILES string of the molecule is CCCCCc1cc(CCCCC)cc(N=C(CC)C(CCCC)=Nc2cc(CCCCC)cc(CCCCC)c2)c1.CCCCc1cc(O)c([O-])c(C(=O)O)c1CCCC.CCCCc1cc(O)c([O-])c(C(=O)O)c1CCCC.[Ni+2]. The molecule has 0 heterocycles. The van der Waals surface area contributed by atoms with Crippen molar-refractivity contribution >= 4 is 34.7 Å². The number of unbranched alkanes of at least 4 members (excludes halogenated alkanes) is 13. The van der Waals surface area contributed by atoms with Crippen molar-refractivity contribution in [2.75, 3.05) is 0 Å². The molecule has 11 heteroatoms. The van der Waals surface area contributed by atoms with Gasteiger partial charge in [0.1, 0.15) is 11.5 Å². The van der Waals surface area contributed by atoms with Gasteiger partial charge in [-0.15, -0.1) is 0 Å². The molecule has 0 spiro atoms. The zero-order valence-electron chi connectivity index (χ0n) is 51.9. The number of hydrogen-bond donors (Lipinski definition) is 4. The monoisotopic (exact) mass is 1160 g/mol. The molecule has 0 aliphatic heterocycles. The van der Waals surface area contributed by atoms with Crippen LogP contribution in [0.3, 0.4) is 0 Å². The molecule has 0 radical (unpaired) electrons. The molecule has 0 aliphatic carbocycles. The number of rotatable bonds is 37. The van der Waals surface area contributed by atoms with E-state index in [4.69, 9.17) is 9.98 Å². The molecule has 0 saturated heterocycles. The molecule has 454 valence electrons. The number of phenolic OH excluding ortho intramolecular Hbond substituents is 2. The summed E-state index contributed by atoms with van der Waals surface area (Å²) in [6.07, 6.45) is 34.0. The Kier molecular flexibility index (Phi) is 39.7. The van der Waals surface area contributed by atoms with E-state index in [2.05, 4.69) is 77.9 Å². The van der Waals surface area contributed by atoms with Gasteiger partial charge in [0.25, 0.3) is 0 Å². The predicted molar refractivity (Wildman–Crippen MR) is 333 cm³/mol. The Labute approximate surface area is 500 Å². The predicted octanol–water partition coefficient (Wildman–Crippen LogP) is 18.8. The molecular weight excluding hydrogens is 1060 g/mol. The number of nitrogens with zero attached hydrogens (tertiary/aromatic N) is 2. The third kappa shape index (κ3) is 27.2. The zero-order valence-corrected chi connectivity index (χ0v) is 52.9. The van der Waals surface area contributed by atoms with E-state index in [-0.39, 0.29) is 27.6 Å². The first-order valence-electron chi connectivity index (χ1n) is 31.6. The average Bonchev–Trinajstić information content (AvgIpc) is 3.43. The van der Waals surface area contributed by atoms with Crippen LogP contribution >= 0.6 is 0 Å². The van der Waals surface area contributed by atoms with E-state index in [1.54, 1.807) is 0 Å². The molecule has 0 amide bonds. The van der Waals surface area contributed by atoms with Crippen molar-refractivity contribution in [3.63, 3.8) is 0 Å². The van der Waals surface area contributed by atoms with Crippen molar-refractivity contribution in [3.05, 3.63) is 104 Å². The van der Waals surface area contributed by atoms with Crippen molar-refractivity contribution in [3.8, 4) is 23.0 Å². The van der Waals surface area contributed by atoms with Crippen LogP contribution in [-0.4, -0.2) is 43.8 Å². The summed E-state index contributed by atoms with van der Waals surface area (Å²) < 4.78 is 0. The van der Waals surface area contributed by atoms with Gasteiger partial charge in [-0.3, -0.25) is 9.98 Å². The molecule has 0 atom stereocenters. The van der Waals surface area contributed by atoms with Crippen molar-refractivity contribution < 1.29 is 56.7 Å². The topological polar surface area (TPSA) is 186 Å². The molecule has 0 aliphatic rings. The molecule has 4 rings (SSSR count). The van der Waals surface area contributed by atoms with Gasteiger partial charge >= 0.3 is 28.4 Å². The first kappa shape index (κ1) is 73.9. The van der Waals surface area contributed by atoms with Crippen LogP contribution in [0, 0.1) is 0 Å². The number of phenols is 2. The Balaban J connectivity index is 0.000000695. The maximum absolute atomic E-state index is 11.8. The van der Waals surface area contributed by atoms with Gasteiger partial charge < -0.3 is 30.6 Å². The Bertz CT molecular complexity index is 2350. The molecule has 4 N–H and O–H groups in total. The molecule has 4 aromatic carbocycles. The summed E-state index contributed by atoms with van der Waals surface area (Å²) in [7, 11) is 0. The molecule has 81 heavy (non-hydrogen) atoms. The van der Waals surface area contributed by atoms with Gasteiger partial charge in [-0.1, -0.05) is 176 Å². The first-order chi connectivity index (χ1) is 38.6. The normalized spacial score (nSPS) is 11.4. The van der Waals surface area contributed by atoms with E-state index < -0.39 is 34.9 Å². The van der Waals surface area contributed by atoms with Gasteiger partial charge in [0, 0.05) is 0 Å². The Morgan fingerprint density at radius 3 is 0.963 bits per heavy atom. The quantitative estimate of drug-likeness (QED) is 0.0195. The van der Waals surface area contributed by atoms with Gasteiger partial charge in [-0.05, 0) is 203 Å². The molecule has 10 nitrogen and oxygen atoms in total. The Morgan fingerprint density at radius 2 is 0.679 bits per heavy atom. The summed E-state index contributed by atoms with van der Waals surface area (Å²) in [4.78, 5) is 33.3. The second-order valence-corrected chi connectivity index (χ2v) is 21.9. The third-order valence-corrected chi connectivity index (χ3v) is 14.8. The molecule has 0 aromatic heterocycles. The smallest absolute Gasteiger partial charge is 0.869 e. The maximum Gasteiger partial charge on any atom is 2.00 e. The molecule has 0 unspecified atom stereocenters. The average molecular weight is 1160 g/mol. The third-order valence-electron chi connectivity index (χ3n) is 14.8. The van der Waals surface area contributed by atoms with Crippen LogP contribution in [0.4, 0.5) is 11.4 Å². The van der Waals surface area contributed by atoms with E-state index in [0.29, 0.717) is 36.8 Å². The number of carbonyl (C=O) groups is 2. The van der Waals surface area contributed by atoms with Gasteiger partial charge in [-0.2, -0.15) is 0 Å². The largest absolute Gasteiger partial charge is 2.00 e. The summed E-state index contributed by atoms with van der Waals surface area (Å²) in [5.74, 6) is -4.93. The van der Waals surface area contributed by atoms with E-state index in [9.17, 15) is 40.2 Å². The number of aromatic carboxylic acids is 2. The van der Waals surface area contributed by atoms with Crippen LogP contribution in [0.1, 0.15) is 289 Å². The summed E-state index contributed by atoms with van der Waals surface area (Å²) in [5.41, 5.74) is 12.7. The van der Waals surface area contributed by atoms with Crippen molar-refractivity contribution in [2.24, 2.45) is 9.98 Å². The number of carboxylic acids is 2.